The molecule has 1 fully saturated rings. The Morgan fingerprint density at radius 2 is 1.92 bits per heavy atom. The van der Waals surface area contributed by atoms with Crippen LogP contribution in [-0.4, -0.2) is 82.5 Å². The summed E-state index contributed by atoms with van der Waals surface area (Å²) >= 11 is 0. The second kappa shape index (κ2) is 8.12. The van der Waals surface area contributed by atoms with Gasteiger partial charge in [-0.3, -0.25) is 10.1 Å². The molecule has 24 heavy (non-hydrogen) atoms. The van der Waals surface area contributed by atoms with E-state index in [0.717, 1.165) is 6.92 Å². The third-order valence-electron chi connectivity index (χ3n) is 3.90. The van der Waals surface area contributed by atoms with Crippen LogP contribution in [0.2, 0.25) is 0 Å². The molecule has 0 aromatic carbocycles. The molecule has 140 valence electrons. The van der Waals surface area contributed by atoms with E-state index in [1.165, 1.54) is 7.05 Å². The number of hydrogen-bond acceptors (Lipinski definition) is 7. The summed E-state index contributed by atoms with van der Waals surface area (Å²) in [5.41, 5.74) is 0. The van der Waals surface area contributed by atoms with Crippen LogP contribution in [0.4, 0.5) is 8.78 Å². The first kappa shape index (κ1) is 20.6. The van der Waals surface area contributed by atoms with E-state index in [1.54, 1.807) is 0 Å². The number of hydrogen-bond donors (Lipinski definition) is 6. The summed E-state index contributed by atoms with van der Waals surface area (Å²) in [5, 5.41) is 41.6. The van der Waals surface area contributed by atoms with Crippen LogP contribution in [-0.2, 0) is 14.3 Å². The highest BCUT2D eigenvalue weighted by Gasteiger charge is 2.63. The Bertz CT molecular complexity index is 470. The van der Waals surface area contributed by atoms with Gasteiger partial charge in [0.15, 0.2) is 6.17 Å². The minimum absolute atomic E-state index is 0.455. The zero-order valence-electron chi connectivity index (χ0n) is 13.1. The molecule has 0 spiro atoms. The molecule has 3 unspecified atom stereocenters. The van der Waals surface area contributed by atoms with E-state index in [1.807, 2.05) is 0 Å². The van der Waals surface area contributed by atoms with Crippen LogP contribution in [0.25, 0.3) is 0 Å². The van der Waals surface area contributed by atoms with E-state index in [0.29, 0.717) is 0 Å². The monoisotopic (exact) mass is 356 g/mol. The molecule has 11 heteroatoms. The lowest BCUT2D eigenvalue weighted by Crippen LogP contribution is -2.52. The van der Waals surface area contributed by atoms with Crippen LogP contribution in [0.5, 0.6) is 0 Å². The van der Waals surface area contributed by atoms with Gasteiger partial charge in [-0.05, 0) is 13.5 Å². The number of halogens is 2. The van der Waals surface area contributed by atoms with Crippen molar-refractivity contribution < 1.29 is 43.5 Å². The van der Waals surface area contributed by atoms with Crippen LogP contribution in [0.15, 0.2) is 0 Å². The van der Waals surface area contributed by atoms with E-state index >= 15 is 0 Å². The summed E-state index contributed by atoms with van der Waals surface area (Å²) in [4.78, 5) is 22.3. The maximum atomic E-state index is 14.5. The van der Waals surface area contributed by atoms with Gasteiger partial charge in [-0.1, -0.05) is 0 Å². The number of carboxylic acid groups (broad SMARTS) is 1. The van der Waals surface area contributed by atoms with Gasteiger partial charge >= 0.3 is 11.8 Å². The number of aliphatic hydroxyl groups excluding tert-OH is 3. The summed E-state index contributed by atoms with van der Waals surface area (Å²) in [6.07, 6.45) is -7.64. The van der Waals surface area contributed by atoms with E-state index < -0.39 is 67.3 Å². The maximum Gasteiger partial charge on any atom is 0.372 e. The van der Waals surface area contributed by atoms with Crippen molar-refractivity contribution in [1.29, 1.82) is 0 Å². The Labute approximate surface area is 136 Å². The highest BCUT2D eigenvalue weighted by molar-refractivity contribution is 5.77. The predicted octanol–water partition coefficient (Wildman–Crippen LogP) is -2.12. The van der Waals surface area contributed by atoms with Gasteiger partial charge in [0.05, 0.1) is 18.6 Å². The number of aliphatic carboxylic acids is 1. The Balaban J connectivity index is 3.10. The van der Waals surface area contributed by atoms with Crippen molar-refractivity contribution in [2.24, 2.45) is 5.92 Å². The molecular formula is C13H22F2N2O7. The minimum atomic E-state index is -3.62. The van der Waals surface area contributed by atoms with Gasteiger partial charge < -0.3 is 30.5 Å². The number of amides is 1. The molecule has 0 aliphatic carbocycles. The Morgan fingerprint density at radius 3 is 2.33 bits per heavy atom. The number of alkyl halides is 2. The van der Waals surface area contributed by atoms with Crippen molar-refractivity contribution in [3.05, 3.63) is 0 Å². The number of aliphatic hydroxyl groups is 3. The van der Waals surface area contributed by atoms with E-state index in [4.69, 9.17) is 10.2 Å². The molecule has 9 nitrogen and oxygen atoms in total. The van der Waals surface area contributed by atoms with Gasteiger partial charge in [-0.15, -0.1) is 0 Å². The van der Waals surface area contributed by atoms with Crippen LogP contribution >= 0.6 is 0 Å². The van der Waals surface area contributed by atoms with Crippen molar-refractivity contribution in [3.63, 3.8) is 0 Å². The van der Waals surface area contributed by atoms with Crippen molar-refractivity contribution in [2.45, 2.75) is 49.8 Å². The third-order valence-corrected chi connectivity index (χ3v) is 3.90. The van der Waals surface area contributed by atoms with Crippen LogP contribution in [0.3, 0.4) is 0 Å². The fourth-order valence-electron chi connectivity index (χ4n) is 2.68. The lowest BCUT2D eigenvalue weighted by Gasteiger charge is -2.31. The Kier molecular flexibility index (Phi) is 6.98. The van der Waals surface area contributed by atoms with Gasteiger partial charge in [0.25, 0.3) is 0 Å². The summed E-state index contributed by atoms with van der Waals surface area (Å²) in [7, 11) is 1.28. The quantitative estimate of drug-likeness (QED) is 0.289. The fraction of sp³-hybridized carbons (Fsp3) is 0.846. The minimum Gasteiger partial charge on any atom is -0.477 e. The SMILES string of the molecule is CNC1O[C@@](F)(C(=O)O)C(F)C1[C@H](C[C@H](O)[C@H](O)CO)NC(C)=O. The molecular weight excluding hydrogens is 334 g/mol. The highest BCUT2D eigenvalue weighted by atomic mass is 19.2. The average molecular weight is 356 g/mol. The Hall–Kier alpha value is -1.40. The topological polar surface area (TPSA) is 148 Å². The molecule has 0 aromatic heterocycles. The lowest BCUT2D eigenvalue weighted by molar-refractivity contribution is -0.201. The van der Waals surface area contributed by atoms with Crippen LogP contribution < -0.4 is 10.6 Å². The second-order valence-corrected chi connectivity index (χ2v) is 5.62. The fourth-order valence-corrected chi connectivity index (χ4v) is 2.68. The number of nitrogens with one attached hydrogen (secondary N) is 2. The zero-order chi connectivity index (χ0) is 18.7. The molecule has 1 aliphatic rings. The molecule has 0 saturated carbocycles. The molecule has 1 amide bonds. The molecule has 0 bridgehead atoms. The molecule has 0 aromatic rings. The normalized spacial score (nSPS) is 33.7. The molecule has 7 atom stereocenters. The molecule has 1 rings (SSSR count). The van der Waals surface area contributed by atoms with Crippen molar-refractivity contribution in [2.75, 3.05) is 13.7 Å². The highest BCUT2D eigenvalue weighted by Crippen LogP contribution is 2.41. The standard InChI is InChI=1S/C13H22F2N2O7/c1-5(19)17-6(3-7(20)8(21)4-18)9-10(14)13(15,12(22)23)24-11(9)16-2/h6-11,16,18,20-21H,3-4H2,1-2H3,(H,17,19)(H,22,23)/t6-,7-,8+,9?,10?,11?,13+/m0/s1. The molecule has 1 saturated heterocycles. The van der Waals surface area contributed by atoms with Crippen LogP contribution in [0.1, 0.15) is 13.3 Å². The summed E-state index contributed by atoms with van der Waals surface area (Å²) in [6, 6.07) is -1.26. The number of rotatable bonds is 8. The summed E-state index contributed by atoms with van der Waals surface area (Å²) in [5.74, 6) is -7.91. The number of ether oxygens (including phenoxy) is 1. The van der Waals surface area contributed by atoms with E-state index in [2.05, 4.69) is 15.4 Å². The van der Waals surface area contributed by atoms with Gasteiger partial charge in [0, 0.05) is 13.0 Å². The van der Waals surface area contributed by atoms with Crippen molar-refractivity contribution >= 4 is 11.9 Å². The van der Waals surface area contributed by atoms with Crippen LogP contribution in [0, 0.1) is 5.92 Å². The second-order valence-electron chi connectivity index (χ2n) is 5.62. The maximum absolute atomic E-state index is 14.5. The smallest absolute Gasteiger partial charge is 0.372 e. The Morgan fingerprint density at radius 1 is 1.33 bits per heavy atom. The molecule has 6 N–H and O–H groups in total. The van der Waals surface area contributed by atoms with Gasteiger partial charge in [0.2, 0.25) is 5.91 Å². The summed E-state index contributed by atoms with van der Waals surface area (Å²) in [6.45, 7) is 0.310. The first-order valence-electron chi connectivity index (χ1n) is 7.24. The number of carbonyl (C=O) groups is 2. The van der Waals surface area contributed by atoms with Crippen molar-refractivity contribution in [3.8, 4) is 0 Å². The summed E-state index contributed by atoms with van der Waals surface area (Å²) < 4.78 is 33.4. The first-order chi connectivity index (χ1) is 11.1. The zero-order valence-corrected chi connectivity index (χ0v) is 13.1. The van der Waals surface area contributed by atoms with E-state index in [-0.39, 0.29) is 0 Å². The van der Waals surface area contributed by atoms with Gasteiger partial charge in [-0.25, -0.2) is 9.18 Å². The van der Waals surface area contributed by atoms with Gasteiger partial charge in [-0.2, -0.15) is 4.39 Å². The van der Waals surface area contributed by atoms with Gasteiger partial charge in [0.1, 0.15) is 12.3 Å². The van der Waals surface area contributed by atoms with Crippen molar-refractivity contribution in [1.82, 2.24) is 10.6 Å². The van der Waals surface area contributed by atoms with E-state index in [9.17, 15) is 28.6 Å². The molecule has 0 radical (unpaired) electrons. The molecule has 1 heterocycles. The largest absolute Gasteiger partial charge is 0.477 e. The number of carbonyl (C=O) groups excluding carboxylic acids is 1. The lowest BCUT2D eigenvalue weighted by atomic mass is 9.87. The first-order valence-corrected chi connectivity index (χ1v) is 7.24. The predicted molar refractivity (Wildman–Crippen MR) is 75.1 cm³/mol. The molecule has 1 aliphatic heterocycles. The third kappa shape index (κ3) is 4.16. The number of carboxylic acids is 1. The average Bonchev–Trinajstić information content (AvgIpc) is 2.77.